The summed E-state index contributed by atoms with van der Waals surface area (Å²) in [4.78, 5) is 33.9. The summed E-state index contributed by atoms with van der Waals surface area (Å²) in [6.45, 7) is 19.3. The number of nitrogens with zero attached hydrogens (tertiary/aromatic N) is 3. The monoisotopic (exact) mass is 697 g/mol. The zero-order chi connectivity index (χ0) is 36.3. The molecule has 2 N–H and O–H groups in total. The lowest BCUT2D eigenvalue weighted by Crippen LogP contribution is -2.57. The summed E-state index contributed by atoms with van der Waals surface area (Å²) in [6.07, 6.45) is 6.30. The maximum absolute atomic E-state index is 14.6. The molecule has 1 fully saturated rings. The molecular formula is C40H61ClFN5O2. The Bertz CT molecular complexity index is 1340. The first-order chi connectivity index (χ1) is 23.7. The minimum Gasteiger partial charge on any atom is -0.344 e. The van der Waals surface area contributed by atoms with Crippen LogP contribution >= 0.6 is 11.6 Å². The van der Waals surface area contributed by atoms with E-state index in [1.54, 1.807) is 6.07 Å². The predicted molar refractivity (Wildman–Crippen MR) is 204 cm³/mol. The average Bonchev–Trinajstić information content (AvgIpc) is 3.47. The molecule has 0 aliphatic carbocycles. The Labute approximate surface area is 300 Å². The van der Waals surface area contributed by atoms with Gasteiger partial charge in [-0.1, -0.05) is 94.3 Å². The lowest BCUT2D eigenvalue weighted by molar-refractivity contribution is -0.138. The summed E-state index contributed by atoms with van der Waals surface area (Å²) in [6, 6.07) is 13.9. The number of rotatable bonds is 14. The first-order valence-corrected chi connectivity index (χ1v) is 18.6. The molecule has 2 heterocycles. The molecule has 0 radical (unpaired) electrons. The molecule has 3 unspecified atom stereocenters. The van der Waals surface area contributed by atoms with Crippen molar-refractivity contribution in [3.05, 3.63) is 93.8 Å². The summed E-state index contributed by atoms with van der Waals surface area (Å²) in [7, 11) is 2.10. The number of hydrogen-bond donors (Lipinski definition) is 2. The zero-order valence-electron chi connectivity index (χ0n) is 31.2. The highest BCUT2D eigenvalue weighted by atomic mass is 35.5. The Morgan fingerprint density at radius 3 is 2.31 bits per heavy atom. The smallest absolute Gasteiger partial charge is 0.245 e. The van der Waals surface area contributed by atoms with Gasteiger partial charge in [-0.25, -0.2) is 4.39 Å². The molecule has 9 heteroatoms. The van der Waals surface area contributed by atoms with Crippen LogP contribution in [0.5, 0.6) is 0 Å². The standard InChI is InChI=1S/C36H49ClFN5O2.2C2H6/c1-5-9-29-25-39-33(26(29)3)24-35(44)40-34(22-27-12-14-30(37)15-13-27)36(45)43-20-18-42(19-21-43)31(16-17-41(4)6-2)23-28-10-7-8-11-32(28)38;2*1-2/h5,7-15,31,33-34,39H,6,16-25H2,1-4H3,(H,40,44);2*1-2H3/b9-5-;;. The van der Waals surface area contributed by atoms with E-state index in [0.29, 0.717) is 44.0 Å². The third kappa shape index (κ3) is 13.3. The van der Waals surface area contributed by atoms with E-state index in [1.165, 1.54) is 11.6 Å². The highest BCUT2D eigenvalue weighted by Gasteiger charge is 2.32. The van der Waals surface area contributed by atoms with Crippen molar-refractivity contribution >= 4 is 23.4 Å². The van der Waals surface area contributed by atoms with Gasteiger partial charge < -0.3 is 20.4 Å². The Morgan fingerprint density at radius 1 is 1.04 bits per heavy atom. The van der Waals surface area contributed by atoms with E-state index >= 15 is 0 Å². The van der Waals surface area contributed by atoms with Crippen molar-refractivity contribution in [1.82, 2.24) is 25.3 Å². The van der Waals surface area contributed by atoms with E-state index in [1.807, 2.05) is 82.0 Å². The van der Waals surface area contributed by atoms with Gasteiger partial charge in [0.1, 0.15) is 11.9 Å². The van der Waals surface area contributed by atoms with Gasteiger partial charge in [0.05, 0.1) is 0 Å². The Hall–Kier alpha value is -3.04. The van der Waals surface area contributed by atoms with Gasteiger partial charge >= 0.3 is 0 Å². The molecule has 0 bridgehead atoms. The first-order valence-electron chi connectivity index (χ1n) is 18.2. The fourth-order valence-corrected chi connectivity index (χ4v) is 6.37. The minimum absolute atomic E-state index is 0.0517. The number of hydrogen-bond acceptors (Lipinski definition) is 5. The van der Waals surface area contributed by atoms with E-state index in [-0.39, 0.29) is 36.1 Å². The largest absolute Gasteiger partial charge is 0.344 e. The number of allylic oxidation sites excluding steroid dienone is 1. The van der Waals surface area contributed by atoms with Crippen LogP contribution in [-0.4, -0.2) is 97.5 Å². The van der Waals surface area contributed by atoms with Crippen molar-refractivity contribution in [3.8, 4) is 0 Å². The number of carbonyl (C=O) groups excluding carboxylic acids is 2. The fourth-order valence-electron chi connectivity index (χ4n) is 6.25. The summed E-state index contributed by atoms with van der Waals surface area (Å²) < 4.78 is 14.6. The molecule has 1 saturated heterocycles. The Morgan fingerprint density at radius 2 is 1.69 bits per heavy atom. The molecule has 2 aromatic rings. The predicted octanol–water partition coefficient (Wildman–Crippen LogP) is 6.91. The number of carbonyl (C=O) groups is 2. The normalized spacial score (nSPS) is 17.7. The van der Waals surface area contributed by atoms with Crippen molar-refractivity contribution in [3.63, 3.8) is 0 Å². The van der Waals surface area contributed by atoms with Crippen LogP contribution in [0, 0.1) is 5.82 Å². The van der Waals surface area contributed by atoms with Crippen LogP contribution in [0.4, 0.5) is 4.39 Å². The molecule has 2 aromatic carbocycles. The van der Waals surface area contributed by atoms with E-state index in [9.17, 15) is 14.0 Å². The third-order valence-electron chi connectivity index (χ3n) is 9.25. The van der Waals surface area contributed by atoms with Crippen LogP contribution < -0.4 is 10.6 Å². The number of nitrogens with one attached hydrogen (secondary N) is 2. The van der Waals surface area contributed by atoms with Crippen molar-refractivity contribution in [2.45, 2.75) is 92.3 Å². The topological polar surface area (TPSA) is 67.9 Å². The van der Waals surface area contributed by atoms with Crippen LogP contribution in [0.3, 0.4) is 0 Å². The van der Waals surface area contributed by atoms with Gasteiger partial charge in [0.25, 0.3) is 0 Å². The molecular weight excluding hydrogens is 637 g/mol. The van der Waals surface area contributed by atoms with Gasteiger partial charge in [0.2, 0.25) is 11.8 Å². The SMILES string of the molecule is C/C=C\C1=C(C)C(CC(=O)NC(Cc2ccc(Cl)cc2)C(=O)N2CCN(C(CCN(C)CC)Cc3ccccc3F)CC2)NC1.CC.CC. The molecule has 0 saturated carbocycles. The van der Waals surface area contributed by atoms with Crippen LogP contribution in [-0.2, 0) is 22.4 Å². The molecule has 2 amide bonds. The van der Waals surface area contributed by atoms with Gasteiger partial charge in [0, 0.05) is 62.7 Å². The van der Waals surface area contributed by atoms with E-state index in [0.717, 1.165) is 42.8 Å². The van der Waals surface area contributed by atoms with Gasteiger partial charge in [-0.3, -0.25) is 14.5 Å². The lowest BCUT2D eigenvalue weighted by Gasteiger charge is -2.41. The van der Waals surface area contributed by atoms with E-state index in [4.69, 9.17) is 11.6 Å². The zero-order valence-corrected chi connectivity index (χ0v) is 32.0. The fraction of sp³-hybridized carbons (Fsp3) is 0.550. The van der Waals surface area contributed by atoms with Gasteiger partial charge in [0.15, 0.2) is 0 Å². The van der Waals surface area contributed by atoms with Gasteiger partial charge in [-0.2, -0.15) is 0 Å². The number of benzene rings is 2. The molecule has 7 nitrogen and oxygen atoms in total. The molecule has 2 aliphatic heterocycles. The van der Waals surface area contributed by atoms with Crippen LogP contribution in [0.15, 0.2) is 71.8 Å². The van der Waals surface area contributed by atoms with Crippen molar-refractivity contribution in [1.29, 1.82) is 0 Å². The van der Waals surface area contributed by atoms with Crippen molar-refractivity contribution in [2.75, 3.05) is 52.9 Å². The second kappa shape index (κ2) is 22.6. The van der Waals surface area contributed by atoms with Crippen LogP contribution in [0.2, 0.25) is 5.02 Å². The third-order valence-corrected chi connectivity index (χ3v) is 9.50. The highest BCUT2D eigenvalue weighted by Crippen LogP contribution is 2.21. The summed E-state index contributed by atoms with van der Waals surface area (Å²) in [5.41, 5.74) is 4.03. The summed E-state index contributed by atoms with van der Waals surface area (Å²) in [5, 5.41) is 7.13. The van der Waals surface area contributed by atoms with Gasteiger partial charge in [-0.15, -0.1) is 0 Å². The summed E-state index contributed by atoms with van der Waals surface area (Å²) >= 11 is 6.12. The number of halogens is 2. The summed E-state index contributed by atoms with van der Waals surface area (Å²) in [5.74, 6) is -0.391. The van der Waals surface area contributed by atoms with Crippen molar-refractivity contribution < 1.29 is 14.0 Å². The second-order valence-electron chi connectivity index (χ2n) is 12.3. The molecule has 0 aromatic heterocycles. The maximum Gasteiger partial charge on any atom is 0.245 e. The second-order valence-corrected chi connectivity index (χ2v) is 12.7. The Kier molecular flexibility index (Phi) is 19.5. The first kappa shape index (κ1) is 42.1. The maximum atomic E-state index is 14.6. The highest BCUT2D eigenvalue weighted by molar-refractivity contribution is 6.30. The van der Waals surface area contributed by atoms with Crippen LogP contribution in [0.1, 0.15) is 72.4 Å². The lowest BCUT2D eigenvalue weighted by atomic mass is 9.99. The minimum atomic E-state index is -0.682. The van der Waals surface area contributed by atoms with Crippen molar-refractivity contribution in [2.24, 2.45) is 0 Å². The Balaban J connectivity index is 0.00000201. The quantitative estimate of drug-likeness (QED) is 0.225. The molecule has 272 valence electrons. The molecule has 4 rings (SSSR count). The van der Waals surface area contributed by atoms with E-state index in [2.05, 4.69) is 47.4 Å². The average molecular weight is 698 g/mol. The van der Waals surface area contributed by atoms with Crippen LogP contribution in [0.25, 0.3) is 0 Å². The molecule has 0 spiro atoms. The van der Waals surface area contributed by atoms with E-state index < -0.39 is 6.04 Å². The number of piperazine rings is 1. The molecule has 49 heavy (non-hydrogen) atoms. The number of amides is 2. The molecule has 3 atom stereocenters. The van der Waals surface area contributed by atoms with Gasteiger partial charge in [-0.05, 0) is 81.7 Å². The molecule has 2 aliphatic rings.